The normalized spacial score (nSPS) is 8.71. The summed E-state index contributed by atoms with van der Waals surface area (Å²) >= 11 is 0. The summed E-state index contributed by atoms with van der Waals surface area (Å²) < 4.78 is 0. The van der Waals surface area contributed by atoms with Gasteiger partial charge in [0.15, 0.2) is 0 Å². The van der Waals surface area contributed by atoms with E-state index < -0.39 is 0 Å². The molecule has 0 saturated heterocycles. The Labute approximate surface area is 44.2 Å². The number of hydrogen-bond donors (Lipinski definition) is 0. The molecule has 0 aliphatic rings. The molecule has 0 fully saturated rings. The Balaban J connectivity index is 3.02. The molecule has 0 aromatic carbocycles. The molecule has 0 aliphatic carbocycles. The third kappa shape index (κ3) is 1.20. The van der Waals surface area contributed by atoms with Gasteiger partial charge in [-0.2, -0.15) is 0 Å². The Morgan fingerprint density at radius 3 is 2.14 bits per heavy atom. The number of aromatic nitrogens is 2. The summed E-state index contributed by atoms with van der Waals surface area (Å²) in [5.74, 6) is 0. The van der Waals surface area contributed by atoms with E-state index in [1.807, 2.05) is 0 Å². The first-order valence-corrected chi connectivity index (χ1v) is 2.48. The molecular formula is C4H5N2P. The molecule has 0 N–H and O–H groups in total. The first-order valence-electron chi connectivity index (χ1n) is 1.90. The maximum Gasteiger partial charge on any atom is 0.115 e. The molecule has 1 aromatic rings. The minimum Gasteiger partial charge on any atom is -0.244 e. The number of rotatable bonds is 0. The topological polar surface area (TPSA) is 25.8 Å². The zero-order valence-corrected chi connectivity index (χ0v) is 4.86. The third-order valence-electron chi connectivity index (χ3n) is 0.581. The SMILES string of the molecule is Pc1cncnc1. The number of hydrogen-bond acceptors (Lipinski definition) is 2. The summed E-state index contributed by atoms with van der Waals surface area (Å²) in [6, 6.07) is 0. The highest BCUT2D eigenvalue weighted by atomic mass is 31.0. The number of nitrogens with zero attached hydrogens (tertiary/aromatic N) is 2. The van der Waals surface area contributed by atoms with E-state index >= 15 is 0 Å². The molecule has 7 heavy (non-hydrogen) atoms. The second-order valence-electron chi connectivity index (χ2n) is 1.17. The Kier molecular flexibility index (Phi) is 1.32. The lowest BCUT2D eigenvalue weighted by Gasteiger charge is -1.81. The van der Waals surface area contributed by atoms with Gasteiger partial charge in [-0.3, -0.25) is 0 Å². The van der Waals surface area contributed by atoms with Crippen LogP contribution in [0.4, 0.5) is 0 Å². The van der Waals surface area contributed by atoms with Crippen LogP contribution in [0.15, 0.2) is 18.7 Å². The zero-order valence-electron chi connectivity index (χ0n) is 3.70. The summed E-state index contributed by atoms with van der Waals surface area (Å²) in [5.41, 5.74) is 0. The van der Waals surface area contributed by atoms with Crippen LogP contribution in [0, 0.1) is 0 Å². The quantitative estimate of drug-likeness (QED) is 0.441. The molecule has 0 aliphatic heterocycles. The molecule has 1 atom stereocenters. The van der Waals surface area contributed by atoms with Crippen LogP contribution in [0.2, 0.25) is 0 Å². The lowest BCUT2D eigenvalue weighted by molar-refractivity contribution is 1.19. The molecule has 0 radical (unpaired) electrons. The van der Waals surface area contributed by atoms with Crippen molar-refractivity contribution in [1.82, 2.24) is 9.97 Å². The van der Waals surface area contributed by atoms with Crippen LogP contribution in [0.25, 0.3) is 0 Å². The first-order chi connectivity index (χ1) is 3.39. The van der Waals surface area contributed by atoms with Gasteiger partial charge in [-0.05, 0) is 0 Å². The zero-order chi connectivity index (χ0) is 5.11. The van der Waals surface area contributed by atoms with Crippen LogP contribution in [0.5, 0.6) is 0 Å². The lowest BCUT2D eigenvalue weighted by Crippen LogP contribution is -1.90. The molecule has 1 heterocycles. The van der Waals surface area contributed by atoms with Crippen LogP contribution in [0.1, 0.15) is 0 Å². The summed E-state index contributed by atoms with van der Waals surface area (Å²) in [4.78, 5) is 7.50. The fourth-order valence-electron chi connectivity index (χ4n) is 0.311. The van der Waals surface area contributed by atoms with Crippen LogP contribution >= 0.6 is 9.24 Å². The Hall–Kier alpha value is -0.490. The monoisotopic (exact) mass is 112 g/mol. The predicted octanol–water partition coefficient (Wildman–Crippen LogP) is -0.0230. The molecule has 36 valence electrons. The van der Waals surface area contributed by atoms with E-state index in [4.69, 9.17) is 0 Å². The van der Waals surface area contributed by atoms with Crippen molar-refractivity contribution in [3.05, 3.63) is 18.7 Å². The van der Waals surface area contributed by atoms with Crippen molar-refractivity contribution < 1.29 is 0 Å². The Morgan fingerprint density at radius 2 is 1.86 bits per heavy atom. The highest BCUT2D eigenvalue weighted by molar-refractivity contribution is 7.27. The van der Waals surface area contributed by atoms with Gasteiger partial charge in [0.25, 0.3) is 0 Å². The fourth-order valence-corrected chi connectivity index (χ4v) is 0.483. The van der Waals surface area contributed by atoms with Gasteiger partial charge >= 0.3 is 0 Å². The minimum atomic E-state index is 1.02. The molecule has 0 bridgehead atoms. The summed E-state index contributed by atoms with van der Waals surface area (Å²) in [6.07, 6.45) is 4.98. The standard InChI is InChI=1S/C4H5N2P/c7-4-1-5-3-6-2-4/h1-3H,7H2. The van der Waals surface area contributed by atoms with E-state index in [0.717, 1.165) is 5.30 Å². The maximum absolute atomic E-state index is 3.75. The van der Waals surface area contributed by atoms with Crippen LogP contribution in [-0.4, -0.2) is 9.97 Å². The highest BCUT2D eigenvalue weighted by Crippen LogP contribution is 1.78. The van der Waals surface area contributed by atoms with Crippen molar-refractivity contribution in [2.24, 2.45) is 0 Å². The van der Waals surface area contributed by atoms with Gasteiger partial charge in [-0.25, -0.2) is 9.97 Å². The fraction of sp³-hybridized carbons (Fsp3) is 0. The predicted molar refractivity (Wildman–Crippen MR) is 31.4 cm³/mol. The average Bonchev–Trinajstić information content (AvgIpc) is 1.69. The van der Waals surface area contributed by atoms with Gasteiger partial charge in [0.2, 0.25) is 0 Å². The van der Waals surface area contributed by atoms with Gasteiger partial charge in [0.1, 0.15) is 6.33 Å². The molecular weight excluding hydrogens is 107 g/mol. The smallest absolute Gasteiger partial charge is 0.115 e. The van der Waals surface area contributed by atoms with Crippen molar-refractivity contribution in [3.63, 3.8) is 0 Å². The van der Waals surface area contributed by atoms with Crippen LogP contribution in [0.3, 0.4) is 0 Å². The lowest BCUT2D eigenvalue weighted by atomic mass is 10.7. The average molecular weight is 112 g/mol. The van der Waals surface area contributed by atoms with Crippen molar-refractivity contribution in [2.75, 3.05) is 0 Å². The van der Waals surface area contributed by atoms with Gasteiger partial charge in [0.05, 0.1) is 0 Å². The van der Waals surface area contributed by atoms with Gasteiger partial charge in [-0.15, -0.1) is 9.24 Å². The van der Waals surface area contributed by atoms with Crippen molar-refractivity contribution in [1.29, 1.82) is 0 Å². The van der Waals surface area contributed by atoms with Gasteiger partial charge in [-0.1, -0.05) is 0 Å². The Bertz CT molecular complexity index is 140. The third-order valence-corrected chi connectivity index (χ3v) is 0.879. The van der Waals surface area contributed by atoms with E-state index in [1.54, 1.807) is 12.4 Å². The first kappa shape index (κ1) is 4.66. The van der Waals surface area contributed by atoms with Gasteiger partial charge in [0, 0.05) is 17.7 Å². The largest absolute Gasteiger partial charge is 0.244 e. The molecule has 1 aromatic heterocycles. The van der Waals surface area contributed by atoms with E-state index in [9.17, 15) is 0 Å². The van der Waals surface area contributed by atoms with Crippen LogP contribution in [-0.2, 0) is 0 Å². The van der Waals surface area contributed by atoms with E-state index in [0.29, 0.717) is 0 Å². The molecule has 1 unspecified atom stereocenters. The highest BCUT2D eigenvalue weighted by Gasteiger charge is 1.74. The molecule has 0 saturated carbocycles. The van der Waals surface area contributed by atoms with Crippen molar-refractivity contribution in [2.45, 2.75) is 0 Å². The molecule has 0 spiro atoms. The summed E-state index contributed by atoms with van der Waals surface area (Å²) in [6.45, 7) is 0. The molecule has 1 rings (SSSR count). The molecule has 2 nitrogen and oxygen atoms in total. The summed E-state index contributed by atoms with van der Waals surface area (Å²) in [5, 5.41) is 1.02. The van der Waals surface area contributed by atoms with Crippen LogP contribution < -0.4 is 5.30 Å². The maximum atomic E-state index is 3.75. The second-order valence-corrected chi connectivity index (χ2v) is 1.84. The van der Waals surface area contributed by atoms with E-state index in [2.05, 4.69) is 19.2 Å². The second kappa shape index (κ2) is 1.99. The van der Waals surface area contributed by atoms with E-state index in [1.165, 1.54) is 6.33 Å². The van der Waals surface area contributed by atoms with Crippen molar-refractivity contribution >= 4 is 14.5 Å². The summed E-state index contributed by atoms with van der Waals surface area (Å²) in [7, 11) is 2.50. The minimum absolute atomic E-state index is 1.02. The van der Waals surface area contributed by atoms with Crippen molar-refractivity contribution in [3.8, 4) is 0 Å². The molecule has 3 heteroatoms. The van der Waals surface area contributed by atoms with E-state index in [-0.39, 0.29) is 0 Å². The Morgan fingerprint density at radius 1 is 1.29 bits per heavy atom. The molecule has 0 amide bonds. The van der Waals surface area contributed by atoms with Gasteiger partial charge < -0.3 is 0 Å².